The molecule has 0 aliphatic heterocycles. The lowest BCUT2D eigenvalue weighted by atomic mass is 10.1. The summed E-state index contributed by atoms with van der Waals surface area (Å²) in [4.78, 5) is 10.9. The first-order valence-electron chi connectivity index (χ1n) is 7.03. The lowest BCUT2D eigenvalue weighted by Crippen LogP contribution is -2.32. The van der Waals surface area contributed by atoms with Gasteiger partial charge in [-0.1, -0.05) is 0 Å². The first kappa shape index (κ1) is 18.5. The van der Waals surface area contributed by atoms with E-state index in [4.69, 9.17) is 15.2 Å². The van der Waals surface area contributed by atoms with Gasteiger partial charge >= 0.3 is 0 Å². The molecule has 0 spiro atoms. The van der Waals surface area contributed by atoms with Crippen molar-refractivity contribution in [1.82, 2.24) is 5.32 Å². The Morgan fingerprint density at radius 2 is 2.05 bits per heavy atom. The fourth-order valence-electron chi connectivity index (χ4n) is 1.57. The Bertz CT molecular complexity index is 245. The molecule has 0 rings (SSSR count). The molecule has 0 aliphatic rings. The maximum atomic E-state index is 10.9. The molecule has 0 amide bonds. The van der Waals surface area contributed by atoms with E-state index in [1.54, 1.807) is 6.92 Å². The molecule has 5 heteroatoms. The average Bonchev–Trinajstić information content (AvgIpc) is 2.32. The van der Waals surface area contributed by atoms with E-state index < -0.39 is 0 Å². The van der Waals surface area contributed by atoms with Crippen LogP contribution in [-0.2, 0) is 14.3 Å². The third-order valence-corrected chi connectivity index (χ3v) is 2.93. The van der Waals surface area contributed by atoms with E-state index >= 15 is 0 Å². The number of carbonyl (C=O) groups excluding carboxylic acids is 1. The topological polar surface area (TPSA) is 73.6 Å². The minimum absolute atomic E-state index is 0.124. The Morgan fingerprint density at radius 1 is 1.37 bits per heavy atom. The van der Waals surface area contributed by atoms with Crippen LogP contribution in [0, 0.1) is 0 Å². The standard InChI is InChI=1S/C14H30N2O3/c1-12(17)5-6-13(2)18-9-7-14(3,4)19-10-8-16-11-15/h13,16H,5-11,15H2,1-4H3. The highest BCUT2D eigenvalue weighted by Crippen LogP contribution is 2.15. The molecule has 0 bridgehead atoms. The maximum absolute atomic E-state index is 10.9. The highest BCUT2D eigenvalue weighted by atomic mass is 16.5. The number of Topliss-reactive ketones (excluding diaryl/α,β-unsaturated/α-hetero) is 1. The summed E-state index contributed by atoms with van der Waals surface area (Å²) in [5.74, 6) is 0.214. The van der Waals surface area contributed by atoms with Crippen LogP contribution in [0.4, 0.5) is 0 Å². The summed E-state index contributed by atoms with van der Waals surface area (Å²) in [6.07, 6.45) is 2.33. The molecule has 0 saturated carbocycles. The van der Waals surface area contributed by atoms with Gasteiger partial charge in [-0.3, -0.25) is 0 Å². The predicted molar refractivity (Wildman–Crippen MR) is 77.0 cm³/mol. The largest absolute Gasteiger partial charge is 0.378 e. The summed E-state index contributed by atoms with van der Waals surface area (Å²) >= 11 is 0. The zero-order valence-electron chi connectivity index (χ0n) is 12.8. The molecular formula is C14H30N2O3. The number of nitrogens with two attached hydrogens (primary N) is 1. The van der Waals surface area contributed by atoms with Crippen molar-refractivity contribution in [2.24, 2.45) is 5.73 Å². The molecule has 1 unspecified atom stereocenters. The summed E-state index contributed by atoms with van der Waals surface area (Å²) in [6.45, 7) is 10.2. The number of carbonyl (C=O) groups is 1. The monoisotopic (exact) mass is 274 g/mol. The average molecular weight is 274 g/mol. The van der Waals surface area contributed by atoms with Gasteiger partial charge < -0.3 is 25.3 Å². The molecule has 0 aromatic carbocycles. The van der Waals surface area contributed by atoms with Crippen LogP contribution in [0.1, 0.15) is 47.0 Å². The van der Waals surface area contributed by atoms with Crippen LogP contribution in [0.2, 0.25) is 0 Å². The van der Waals surface area contributed by atoms with Crippen molar-refractivity contribution in [2.75, 3.05) is 26.4 Å². The van der Waals surface area contributed by atoms with Gasteiger partial charge in [0.2, 0.25) is 0 Å². The second-order valence-electron chi connectivity index (χ2n) is 5.48. The van der Waals surface area contributed by atoms with Gasteiger partial charge in [0.15, 0.2) is 0 Å². The Balaban J connectivity index is 3.63. The molecule has 5 nitrogen and oxygen atoms in total. The number of hydrogen-bond acceptors (Lipinski definition) is 5. The van der Waals surface area contributed by atoms with Crippen LogP contribution < -0.4 is 11.1 Å². The maximum Gasteiger partial charge on any atom is 0.129 e. The van der Waals surface area contributed by atoms with E-state index in [1.807, 2.05) is 6.92 Å². The molecule has 3 N–H and O–H groups in total. The first-order valence-corrected chi connectivity index (χ1v) is 7.03. The summed E-state index contributed by atoms with van der Waals surface area (Å²) in [5, 5.41) is 3.01. The van der Waals surface area contributed by atoms with Crippen molar-refractivity contribution < 1.29 is 14.3 Å². The molecule has 0 radical (unpaired) electrons. The molecule has 0 aromatic heterocycles. The van der Waals surface area contributed by atoms with E-state index in [0.29, 0.717) is 26.3 Å². The van der Waals surface area contributed by atoms with Crippen molar-refractivity contribution in [3.8, 4) is 0 Å². The second kappa shape index (κ2) is 10.3. The Hall–Kier alpha value is -0.490. The number of nitrogens with one attached hydrogen (secondary N) is 1. The summed E-state index contributed by atoms with van der Waals surface area (Å²) in [6, 6.07) is 0. The van der Waals surface area contributed by atoms with E-state index in [0.717, 1.165) is 19.4 Å². The number of rotatable bonds is 12. The Kier molecular flexibility index (Phi) is 10.0. The van der Waals surface area contributed by atoms with E-state index in [-0.39, 0.29) is 17.5 Å². The minimum Gasteiger partial charge on any atom is -0.378 e. The summed E-state index contributed by atoms with van der Waals surface area (Å²) in [7, 11) is 0. The van der Waals surface area contributed by atoms with Gasteiger partial charge in [0.05, 0.1) is 18.3 Å². The van der Waals surface area contributed by atoms with Crippen LogP contribution in [-0.4, -0.2) is 43.9 Å². The van der Waals surface area contributed by atoms with E-state index in [1.165, 1.54) is 0 Å². The fourth-order valence-corrected chi connectivity index (χ4v) is 1.57. The quantitative estimate of drug-likeness (QED) is 0.416. The SMILES string of the molecule is CC(=O)CCC(C)OCCC(C)(C)OCCNCN. The summed E-state index contributed by atoms with van der Waals surface area (Å²) < 4.78 is 11.4. The van der Waals surface area contributed by atoms with Crippen LogP contribution in [0.15, 0.2) is 0 Å². The first-order chi connectivity index (χ1) is 8.87. The molecule has 0 aliphatic carbocycles. The second-order valence-corrected chi connectivity index (χ2v) is 5.48. The third kappa shape index (κ3) is 12.3. The van der Waals surface area contributed by atoms with Gasteiger partial charge in [-0.15, -0.1) is 0 Å². The van der Waals surface area contributed by atoms with Crippen LogP contribution in [0.25, 0.3) is 0 Å². The molecule has 0 saturated heterocycles. The van der Waals surface area contributed by atoms with E-state index in [9.17, 15) is 4.79 Å². The van der Waals surface area contributed by atoms with Crippen LogP contribution in [0.3, 0.4) is 0 Å². The predicted octanol–water partition coefficient (Wildman–Crippen LogP) is 1.45. The summed E-state index contributed by atoms with van der Waals surface area (Å²) in [5.41, 5.74) is 5.13. The van der Waals surface area contributed by atoms with Gasteiger partial charge in [0.25, 0.3) is 0 Å². The van der Waals surface area contributed by atoms with Gasteiger partial charge in [0.1, 0.15) is 5.78 Å². The lowest BCUT2D eigenvalue weighted by Gasteiger charge is -2.26. The minimum atomic E-state index is -0.198. The van der Waals surface area contributed by atoms with Gasteiger partial charge in [-0.25, -0.2) is 0 Å². The van der Waals surface area contributed by atoms with Gasteiger partial charge in [-0.05, 0) is 40.5 Å². The lowest BCUT2D eigenvalue weighted by molar-refractivity contribution is -0.117. The van der Waals surface area contributed by atoms with Crippen LogP contribution >= 0.6 is 0 Å². The zero-order chi connectivity index (χ0) is 14.7. The Morgan fingerprint density at radius 3 is 2.63 bits per heavy atom. The molecule has 1 atom stereocenters. The van der Waals surface area contributed by atoms with E-state index in [2.05, 4.69) is 19.2 Å². The Labute approximate surface area is 117 Å². The van der Waals surface area contributed by atoms with Crippen molar-refractivity contribution >= 4 is 5.78 Å². The van der Waals surface area contributed by atoms with Crippen molar-refractivity contribution in [2.45, 2.75) is 58.7 Å². The smallest absolute Gasteiger partial charge is 0.129 e. The zero-order valence-corrected chi connectivity index (χ0v) is 12.8. The highest BCUT2D eigenvalue weighted by molar-refractivity contribution is 5.75. The highest BCUT2D eigenvalue weighted by Gasteiger charge is 2.18. The molecule has 0 fully saturated rings. The number of ether oxygens (including phenoxy) is 2. The molecule has 19 heavy (non-hydrogen) atoms. The molecular weight excluding hydrogens is 244 g/mol. The van der Waals surface area contributed by atoms with Crippen LogP contribution in [0.5, 0.6) is 0 Å². The molecule has 0 heterocycles. The molecule has 114 valence electrons. The third-order valence-electron chi connectivity index (χ3n) is 2.93. The fraction of sp³-hybridized carbons (Fsp3) is 0.929. The normalized spacial score (nSPS) is 13.5. The van der Waals surface area contributed by atoms with Crippen molar-refractivity contribution in [3.63, 3.8) is 0 Å². The van der Waals surface area contributed by atoms with Crippen molar-refractivity contribution in [3.05, 3.63) is 0 Å². The number of ketones is 1. The van der Waals surface area contributed by atoms with Crippen molar-refractivity contribution in [1.29, 1.82) is 0 Å². The van der Waals surface area contributed by atoms with Gasteiger partial charge in [-0.2, -0.15) is 0 Å². The van der Waals surface area contributed by atoms with Gasteiger partial charge in [0, 0.05) is 26.2 Å². The number of hydrogen-bond donors (Lipinski definition) is 2. The molecule has 0 aromatic rings.